The van der Waals surface area contributed by atoms with Crippen LogP contribution in [0.4, 0.5) is 15.9 Å². The number of esters is 1. The molecule has 4 fully saturated rings. The summed E-state index contributed by atoms with van der Waals surface area (Å²) in [5.41, 5.74) is 4.33. The summed E-state index contributed by atoms with van der Waals surface area (Å²) in [7, 11) is 3.00. The van der Waals surface area contributed by atoms with Crippen LogP contribution < -0.4 is 10.1 Å². The molecule has 98 heavy (non-hydrogen) atoms. The minimum absolute atomic E-state index is 0.0114. The van der Waals surface area contributed by atoms with Crippen molar-refractivity contribution in [2.24, 2.45) is 35.5 Å². The molecule has 2 aromatic heterocycles. The predicted octanol–water partition coefficient (Wildman–Crippen LogP) is 10.7. The second-order valence-corrected chi connectivity index (χ2v) is 28.1. The van der Waals surface area contributed by atoms with E-state index >= 15 is 0 Å². The zero-order valence-corrected chi connectivity index (χ0v) is 57.9. The van der Waals surface area contributed by atoms with E-state index in [9.17, 15) is 48.5 Å². The molecule has 2 amide bonds. The van der Waals surface area contributed by atoms with Crippen LogP contribution in [0.3, 0.4) is 0 Å². The number of hydrogen-bond acceptors (Lipinski definition) is 19. The quantitative estimate of drug-likeness (QED) is 0.0292. The molecule has 5 aromatic rings. The Morgan fingerprint density at radius 3 is 2.41 bits per heavy atom. The first-order valence-electron chi connectivity index (χ1n) is 34.5. The number of ether oxygens (including phenoxy) is 5. The number of nitrogens with zero attached hydrogens (tertiary/aromatic N) is 5. The highest BCUT2D eigenvalue weighted by Crippen LogP contribution is 2.41. The molecule has 21 nitrogen and oxygen atoms in total. The van der Waals surface area contributed by atoms with E-state index in [1.165, 1.54) is 25.6 Å². The Balaban J connectivity index is 0.802. The molecule has 1 saturated carbocycles. The number of benzene rings is 3. The van der Waals surface area contributed by atoms with Crippen molar-refractivity contribution in [3.05, 3.63) is 125 Å². The number of furan rings is 1. The highest BCUT2D eigenvalue weighted by Gasteiger charge is 2.56. The number of methoxy groups -OCH3 is 2. The lowest BCUT2D eigenvalue weighted by atomic mass is 9.78. The fraction of sp³-hybridized carbons (Fsp3) is 0.547. The number of fused-ring (bicyclic) bond motifs is 4. The maximum absolute atomic E-state index is 14.8. The predicted molar refractivity (Wildman–Crippen MR) is 365 cm³/mol. The van der Waals surface area contributed by atoms with Gasteiger partial charge in [0.25, 0.3) is 11.7 Å². The van der Waals surface area contributed by atoms with Gasteiger partial charge in [0.05, 0.1) is 47.6 Å². The number of halogens is 2. The number of amides is 2. The largest absolute Gasteiger partial charge is 0.487 e. The Hall–Kier alpha value is -7.28. The molecular formula is C75H94ClFN6O15. The van der Waals surface area contributed by atoms with Gasteiger partial charge in [-0.3, -0.25) is 24.1 Å². The van der Waals surface area contributed by atoms with Gasteiger partial charge in [0.15, 0.2) is 0 Å². The highest BCUT2D eigenvalue weighted by atomic mass is 35.5. The Labute approximate surface area is 577 Å². The van der Waals surface area contributed by atoms with Crippen LogP contribution in [0.15, 0.2) is 107 Å². The topological polar surface area (TPSA) is 270 Å². The van der Waals surface area contributed by atoms with Crippen LogP contribution in [-0.4, -0.2) is 171 Å². The molecule has 0 radical (unpaired) electrons. The number of cyclic esters (lactones) is 1. The highest BCUT2D eigenvalue weighted by molar-refractivity contribution is 6.39. The summed E-state index contributed by atoms with van der Waals surface area (Å²) in [6.45, 7) is 11.8. The summed E-state index contributed by atoms with van der Waals surface area (Å²) >= 11 is 6.63. The van der Waals surface area contributed by atoms with Gasteiger partial charge in [0, 0.05) is 100 Å². The number of aromatic nitrogens is 2. The normalized spacial score (nSPS) is 29.8. The van der Waals surface area contributed by atoms with E-state index in [1.54, 1.807) is 52.1 Å². The van der Waals surface area contributed by atoms with E-state index in [4.69, 9.17) is 39.7 Å². The monoisotopic (exact) mass is 1370 g/mol. The number of carbonyl (C=O) groups excluding carboxylic acids is 6. The molecule has 3 saturated heterocycles. The number of aliphatic hydroxyl groups is 3. The Bertz CT molecular complexity index is 3710. The summed E-state index contributed by atoms with van der Waals surface area (Å²) in [4.78, 5) is 99.6. The first-order valence-corrected chi connectivity index (χ1v) is 34.9. The van der Waals surface area contributed by atoms with Crippen LogP contribution >= 0.6 is 11.6 Å². The van der Waals surface area contributed by atoms with Crippen molar-refractivity contribution in [3.63, 3.8) is 0 Å². The number of nitrogens with one attached hydrogen (secondary N) is 1. The number of hydrogen-bond donors (Lipinski definition) is 4. The number of carbonyl (C=O) groups is 6. The maximum atomic E-state index is 14.8. The minimum atomic E-state index is -2.66. The molecule has 4 aliphatic heterocycles. The molecule has 10 rings (SSSR count). The van der Waals surface area contributed by atoms with E-state index < -0.39 is 89.8 Å². The fourth-order valence-electron chi connectivity index (χ4n) is 14.9. The SMILES string of the molecule is CO[C@H]1C[C@@H](C)C/C(C)=C/[C@@H](CCCC(=O)N2CCN(Cc3ccc(-c4ccc5ncnc(Nc6ccc(OCc7cccc(F)c7)c(Cl)c6)c5c4)o3)CC2)C(=O)C[C@H](O)[C@@H](C)[C@@H](/C(C)=C/[C@@H]2CC[C@@H](O)[C@H](OC)C2)OC(=O)[C@@H]2CCCCN2C(=O)C(=O)[C@]2(O)O[C@H]1[C@@H](C=O)C[C@H]2C. The van der Waals surface area contributed by atoms with Crippen molar-refractivity contribution in [2.45, 2.75) is 180 Å². The molecule has 4 N–H and O–H groups in total. The molecule has 14 atom stereocenters. The smallest absolute Gasteiger partial charge is 0.329 e. The summed E-state index contributed by atoms with van der Waals surface area (Å²) in [5.74, 6) is -7.68. The number of ketones is 2. The molecule has 6 heterocycles. The number of allylic oxidation sites excluding steroid dienone is 3. The molecule has 3 aromatic carbocycles. The van der Waals surface area contributed by atoms with Gasteiger partial charge in [0.2, 0.25) is 11.7 Å². The maximum Gasteiger partial charge on any atom is 0.329 e. The molecule has 0 spiro atoms. The van der Waals surface area contributed by atoms with Crippen LogP contribution in [-0.2, 0) is 60.9 Å². The second-order valence-electron chi connectivity index (χ2n) is 27.7. The molecular weight excluding hydrogens is 1280 g/mol. The van der Waals surface area contributed by atoms with Gasteiger partial charge in [-0.2, -0.15) is 0 Å². The first-order chi connectivity index (χ1) is 47.0. The molecule has 5 aliphatic rings. The lowest BCUT2D eigenvalue weighted by Gasteiger charge is -2.46. The van der Waals surface area contributed by atoms with Crippen molar-refractivity contribution < 1.29 is 76.6 Å². The number of Topliss-reactive ketones (excluding diaryl/α,β-unsaturated/α-hetero) is 2. The number of aldehydes is 1. The minimum Gasteiger partial charge on any atom is -0.487 e. The van der Waals surface area contributed by atoms with Gasteiger partial charge < -0.3 is 63.3 Å². The molecule has 528 valence electrons. The lowest BCUT2D eigenvalue weighted by molar-refractivity contribution is -0.287. The Morgan fingerprint density at radius 1 is 0.878 bits per heavy atom. The van der Waals surface area contributed by atoms with E-state index in [-0.39, 0.29) is 68.2 Å². The molecule has 2 bridgehead atoms. The zero-order valence-electron chi connectivity index (χ0n) is 57.1. The Kier molecular flexibility index (Phi) is 24.9. The van der Waals surface area contributed by atoms with Crippen LogP contribution in [0, 0.1) is 41.3 Å². The van der Waals surface area contributed by atoms with Crippen molar-refractivity contribution in [1.29, 1.82) is 0 Å². The summed E-state index contributed by atoms with van der Waals surface area (Å²) in [5, 5.41) is 39.6. The number of piperidine rings is 1. The third-order valence-electron chi connectivity index (χ3n) is 20.5. The number of anilines is 2. The second kappa shape index (κ2) is 33.3. The van der Waals surface area contributed by atoms with Crippen LogP contribution in [0.5, 0.6) is 5.75 Å². The van der Waals surface area contributed by atoms with Crippen LogP contribution in [0.2, 0.25) is 5.02 Å². The van der Waals surface area contributed by atoms with Crippen LogP contribution in [0.1, 0.15) is 129 Å². The van der Waals surface area contributed by atoms with Gasteiger partial charge in [-0.1, -0.05) is 62.2 Å². The summed E-state index contributed by atoms with van der Waals surface area (Å²) in [6, 6.07) is 19.9. The van der Waals surface area contributed by atoms with Crippen molar-refractivity contribution in [1.82, 2.24) is 24.7 Å². The standard InChI is InChI=1S/C75H94ClFN6O15/c1-44-30-45(2)32-67(94-7)70-53(41-84)34-47(4)75(92,98-70)71(89)73(90)83-25-9-8-15-60(83)74(91)97-69(46(3)33-49-17-22-61(85)66(36-49)93-6)48(5)62(86)39-63(87)51(31-44)13-11-16-68(88)82-28-26-81(27-29-82)40-56-20-24-64(96-56)52-18-21-59-57(37-52)72(79-43-78-59)80-55-19-23-65(58(76)38-55)95-42-50-12-10-14-54(77)35-50/h10,12,14,18-21,23-24,31,33,35,37-38,41,43,45,47-49,51,53,60-62,66-67,69-70,85-86,92H,8-9,11,13,15-17,22,25-30,32,34,36,39-40,42H2,1-7H3,(H,78,79,80)/b44-31+,46-33+/t45-,47+,48+,49-,51+,53+,60-,61+,62-,66+,67-,69+,70-,75+/m0/s1. The van der Waals surface area contributed by atoms with Crippen molar-refractivity contribution in [3.8, 4) is 17.1 Å². The van der Waals surface area contributed by atoms with Gasteiger partial charge in [-0.05, 0) is 168 Å². The molecule has 0 unspecified atom stereocenters. The molecule has 23 heteroatoms. The third kappa shape index (κ3) is 17.8. The number of piperazine rings is 1. The van der Waals surface area contributed by atoms with E-state index in [0.717, 1.165) is 33.5 Å². The third-order valence-corrected chi connectivity index (χ3v) is 20.8. The van der Waals surface area contributed by atoms with E-state index in [0.29, 0.717) is 135 Å². The van der Waals surface area contributed by atoms with Crippen LogP contribution in [0.25, 0.3) is 22.2 Å². The van der Waals surface area contributed by atoms with E-state index in [1.807, 2.05) is 67.3 Å². The van der Waals surface area contributed by atoms with Crippen molar-refractivity contribution >= 4 is 69.6 Å². The summed E-state index contributed by atoms with van der Waals surface area (Å²) in [6.07, 6.45) is 4.71. The zero-order chi connectivity index (χ0) is 69.9. The summed E-state index contributed by atoms with van der Waals surface area (Å²) < 4.78 is 50.3. The van der Waals surface area contributed by atoms with Gasteiger partial charge in [-0.15, -0.1) is 0 Å². The van der Waals surface area contributed by atoms with Gasteiger partial charge in [-0.25, -0.2) is 19.2 Å². The van der Waals surface area contributed by atoms with Crippen molar-refractivity contribution in [2.75, 3.05) is 52.3 Å². The lowest BCUT2D eigenvalue weighted by Crippen LogP contribution is -2.63. The number of aliphatic hydroxyl groups excluding tert-OH is 2. The fourth-order valence-corrected chi connectivity index (χ4v) is 15.1. The van der Waals surface area contributed by atoms with Gasteiger partial charge in [0.1, 0.15) is 66.1 Å². The first kappa shape index (κ1) is 73.4. The average Bonchev–Trinajstić information content (AvgIpc) is 0.934. The van der Waals surface area contributed by atoms with Gasteiger partial charge >= 0.3 is 5.97 Å². The molecule has 1 aliphatic carbocycles. The number of rotatable bonds is 17. The van der Waals surface area contributed by atoms with E-state index in [2.05, 4.69) is 20.2 Å². The Morgan fingerprint density at radius 2 is 1.66 bits per heavy atom. The average molecular weight is 1370 g/mol.